The molecule has 0 aliphatic rings. The van der Waals surface area contributed by atoms with Gasteiger partial charge in [-0.15, -0.1) is 0 Å². The van der Waals surface area contributed by atoms with E-state index in [1.165, 1.54) is 7.11 Å². The number of esters is 1. The van der Waals surface area contributed by atoms with E-state index < -0.39 is 5.97 Å². The van der Waals surface area contributed by atoms with E-state index in [0.717, 1.165) is 11.1 Å². The highest BCUT2D eigenvalue weighted by Gasteiger charge is 2.19. The lowest BCUT2D eigenvalue weighted by molar-refractivity contribution is 0.0597. The third-order valence-electron chi connectivity index (χ3n) is 2.61. The number of pyridine rings is 1. The molecular formula is C12H15N3O2. The Morgan fingerprint density at radius 1 is 1.59 bits per heavy atom. The predicted octanol–water partition coefficient (Wildman–Crippen LogP) is 1.45. The van der Waals surface area contributed by atoms with E-state index in [-0.39, 0.29) is 6.04 Å². The van der Waals surface area contributed by atoms with Crippen molar-refractivity contribution in [3.05, 3.63) is 35.4 Å². The van der Waals surface area contributed by atoms with Gasteiger partial charge in [0.15, 0.2) is 5.69 Å². The predicted molar refractivity (Wildman–Crippen MR) is 63.9 cm³/mol. The zero-order chi connectivity index (χ0) is 12.6. The number of rotatable bonds is 2. The largest absolute Gasteiger partial charge is 0.464 e. The van der Waals surface area contributed by atoms with Gasteiger partial charge in [-0.05, 0) is 31.5 Å². The maximum absolute atomic E-state index is 11.6. The van der Waals surface area contributed by atoms with Gasteiger partial charge in [0.25, 0.3) is 0 Å². The van der Waals surface area contributed by atoms with E-state index in [0.29, 0.717) is 11.5 Å². The van der Waals surface area contributed by atoms with Crippen molar-refractivity contribution in [3.8, 4) is 0 Å². The van der Waals surface area contributed by atoms with E-state index in [9.17, 15) is 4.79 Å². The van der Waals surface area contributed by atoms with Crippen LogP contribution in [0.1, 0.15) is 34.8 Å². The number of imidazole rings is 1. The number of nitrogens with zero attached hydrogens (tertiary/aromatic N) is 2. The van der Waals surface area contributed by atoms with Gasteiger partial charge in [0.2, 0.25) is 0 Å². The summed E-state index contributed by atoms with van der Waals surface area (Å²) in [6.07, 6.45) is 1.86. The number of aryl methyl sites for hydroxylation is 1. The van der Waals surface area contributed by atoms with Gasteiger partial charge < -0.3 is 14.9 Å². The summed E-state index contributed by atoms with van der Waals surface area (Å²) in [5.41, 5.74) is 7.93. The van der Waals surface area contributed by atoms with Crippen LogP contribution in [0.5, 0.6) is 0 Å². The number of carbonyl (C=O) groups excluding carboxylic acids is 1. The molecule has 0 amide bonds. The zero-order valence-electron chi connectivity index (χ0n) is 10.1. The van der Waals surface area contributed by atoms with E-state index >= 15 is 0 Å². The minimum Gasteiger partial charge on any atom is -0.464 e. The molecule has 5 nitrogen and oxygen atoms in total. The molecule has 17 heavy (non-hydrogen) atoms. The number of hydrogen-bond donors (Lipinski definition) is 1. The van der Waals surface area contributed by atoms with Crippen LogP contribution in [0, 0.1) is 6.92 Å². The summed E-state index contributed by atoms with van der Waals surface area (Å²) in [6.45, 7) is 3.79. The topological polar surface area (TPSA) is 69.6 Å². The van der Waals surface area contributed by atoms with Crippen LogP contribution in [-0.2, 0) is 4.74 Å². The molecule has 1 unspecified atom stereocenters. The maximum atomic E-state index is 11.6. The summed E-state index contributed by atoms with van der Waals surface area (Å²) >= 11 is 0. The van der Waals surface area contributed by atoms with Crippen LogP contribution >= 0.6 is 0 Å². The fourth-order valence-electron chi connectivity index (χ4n) is 1.78. The Labute approximate surface area is 99.2 Å². The standard InChI is InChI=1S/C12H15N3O2/c1-7-4-5-15-9(6-7)10(12(16)17-3)14-11(15)8(2)13/h4-6,8H,13H2,1-3H3. The van der Waals surface area contributed by atoms with Crippen LogP contribution in [0.15, 0.2) is 18.3 Å². The van der Waals surface area contributed by atoms with Crippen molar-refractivity contribution in [2.75, 3.05) is 7.11 Å². The Morgan fingerprint density at radius 3 is 2.88 bits per heavy atom. The molecule has 5 heteroatoms. The van der Waals surface area contributed by atoms with Crippen molar-refractivity contribution in [1.82, 2.24) is 9.38 Å². The Bertz CT molecular complexity index is 572. The lowest BCUT2D eigenvalue weighted by atomic mass is 10.2. The Hall–Kier alpha value is -1.88. The molecule has 0 saturated heterocycles. The summed E-state index contributed by atoms with van der Waals surface area (Å²) in [5.74, 6) is 0.209. The highest BCUT2D eigenvalue weighted by molar-refractivity contribution is 5.95. The average Bonchev–Trinajstić information content (AvgIpc) is 2.66. The number of fused-ring (bicyclic) bond motifs is 1. The molecule has 1 atom stereocenters. The molecule has 0 bridgehead atoms. The average molecular weight is 233 g/mol. The van der Waals surface area contributed by atoms with E-state index in [4.69, 9.17) is 10.5 Å². The summed E-state index contributed by atoms with van der Waals surface area (Å²) in [5, 5.41) is 0. The van der Waals surface area contributed by atoms with Gasteiger partial charge in [-0.1, -0.05) is 0 Å². The van der Waals surface area contributed by atoms with Gasteiger partial charge in [-0.2, -0.15) is 0 Å². The summed E-state index contributed by atoms with van der Waals surface area (Å²) < 4.78 is 6.55. The summed E-state index contributed by atoms with van der Waals surface area (Å²) in [7, 11) is 1.34. The van der Waals surface area contributed by atoms with Gasteiger partial charge in [0.05, 0.1) is 18.7 Å². The number of nitrogens with two attached hydrogens (primary N) is 1. The number of carbonyl (C=O) groups is 1. The molecule has 0 fully saturated rings. The Balaban J connectivity index is 2.75. The van der Waals surface area contributed by atoms with Crippen molar-refractivity contribution in [2.45, 2.75) is 19.9 Å². The molecule has 2 N–H and O–H groups in total. The van der Waals surface area contributed by atoms with Gasteiger partial charge in [-0.25, -0.2) is 9.78 Å². The van der Waals surface area contributed by atoms with Gasteiger partial charge in [0, 0.05) is 6.20 Å². The molecule has 0 saturated carbocycles. The second-order valence-corrected chi connectivity index (χ2v) is 4.06. The lowest BCUT2D eigenvalue weighted by Crippen LogP contribution is -2.09. The first-order valence-corrected chi connectivity index (χ1v) is 5.37. The fraction of sp³-hybridized carbons (Fsp3) is 0.333. The normalized spacial score (nSPS) is 12.7. The maximum Gasteiger partial charge on any atom is 0.358 e. The van der Waals surface area contributed by atoms with Crippen LogP contribution in [0.2, 0.25) is 0 Å². The first-order valence-electron chi connectivity index (χ1n) is 5.37. The van der Waals surface area contributed by atoms with E-state index in [1.807, 2.05) is 36.6 Å². The molecule has 0 radical (unpaired) electrons. The first kappa shape index (κ1) is 11.6. The molecule has 0 aliphatic carbocycles. The zero-order valence-corrected chi connectivity index (χ0v) is 10.1. The molecule has 2 aromatic heterocycles. The SMILES string of the molecule is COC(=O)c1nc(C(C)N)n2ccc(C)cc12. The van der Waals surface area contributed by atoms with Crippen LogP contribution in [0.3, 0.4) is 0 Å². The van der Waals surface area contributed by atoms with E-state index in [2.05, 4.69) is 4.98 Å². The van der Waals surface area contributed by atoms with Crippen LogP contribution in [0.25, 0.3) is 5.52 Å². The molecule has 0 spiro atoms. The smallest absolute Gasteiger partial charge is 0.358 e. The van der Waals surface area contributed by atoms with Crippen molar-refractivity contribution >= 4 is 11.5 Å². The van der Waals surface area contributed by atoms with Crippen LogP contribution < -0.4 is 5.73 Å². The second-order valence-electron chi connectivity index (χ2n) is 4.06. The van der Waals surface area contributed by atoms with Crippen molar-refractivity contribution < 1.29 is 9.53 Å². The molecular weight excluding hydrogens is 218 g/mol. The van der Waals surface area contributed by atoms with Crippen molar-refractivity contribution in [2.24, 2.45) is 5.73 Å². The third-order valence-corrected chi connectivity index (χ3v) is 2.61. The second kappa shape index (κ2) is 4.18. The Morgan fingerprint density at radius 2 is 2.29 bits per heavy atom. The molecule has 0 aromatic carbocycles. The van der Waals surface area contributed by atoms with Crippen LogP contribution in [0.4, 0.5) is 0 Å². The van der Waals surface area contributed by atoms with Gasteiger partial charge in [0.1, 0.15) is 5.82 Å². The fourth-order valence-corrected chi connectivity index (χ4v) is 1.78. The van der Waals surface area contributed by atoms with E-state index in [1.54, 1.807) is 0 Å². The molecule has 0 aliphatic heterocycles. The lowest BCUT2D eigenvalue weighted by Gasteiger charge is -2.04. The monoisotopic (exact) mass is 233 g/mol. The third kappa shape index (κ3) is 1.89. The molecule has 2 rings (SSSR count). The van der Waals surface area contributed by atoms with Gasteiger partial charge >= 0.3 is 5.97 Å². The molecule has 90 valence electrons. The minimum atomic E-state index is -0.444. The first-order chi connectivity index (χ1) is 8.04. The molecule has 2 heterocycles. The number of hydrogen-bond acceptors (Lipinski definition) is 4. The highest BCUT2D eigenvalue weighted by Crippen LogP contribution is 2.19. The quantitative estimate of drug-likeness (QED) is 0.797. The van der Waals surface area contributed by atoms with Gasteiger partial charge in [-0.3, -0.25) is 0 Å². The molecule has 2 aromatic rings. The number of aromatic nitrogens is 2. The van der Waals surface area contributed by atoms with Crippen LogP contribution in [-0.4, -0.2) is 22.5 Å². The summed E-state index contributed by atoms with van der Waals surface area (Å²) in [6, 6.07) is 3.59. The number of methoxy groups -OCH3 is 1. The van der Waals surface area contributed by atoms with Crippen molar-refractivity contribution in [1.29, 1.82) is 0 Å². The summed E-state index contributed by atoms with van der Waals surface area (Å²) in [4.78, 5) is 15.9. The van der Waals surface area contributed by atoms with Crippen molar-refractivity contribution in [3.63, 3.8) is 0 Å². The highest BCUT2D eigenvalue weighted by atomic mass is 16.5. The Kier molecular flexibility index (Phi) is 2.85. The number of ether oxygens (including phenoxy) is 1. The minimum absolute atomic E-state index is 0.247.